The zero-order valence-corrected chi connectivity index (χ0v) is 15.4. The van der Waals surface area contributed by atoms with Crippen molar-refractivity contribution in [2.24, 2.45) is 0 Å². The lowest BCUT2D eigenvalue weighted by atomic mass is 10.3. The molecule has 0 spiro atoms. The topological polar surface area (TPSA) is 59.6 Å². The van der Waals surface area contributed by atoms with Crippen molar-refractivity contribution in [1.82, 2.24) is 5.32 Å². The van der Waals surface area contributed by atoms with Crippen molar-refractivity contribution in [3.05, 3.63) is 52.5 Å². The van der Waals surface area contributed by atoms with Crippen molar-refractivity contribution in [1.29, 1.82) is 0 Å². The van der Waals surface area contributed by atoms with Crippen molar-refractivity contribution in [2.45, 2.75) is 6.42 Å². The van der Waals surface area contributed by atoms with Crippen LogP contribution >= 0.6 is 23.2 Å². The van der Waals surface area contributed by atoms with Gasteiger partial charge in [-0.05, 0) is 36.4 Å². The molecule has 0 unspecified atom stereocenters. The molecule has 0 heterocycles. The van der Waals surface area contributed by atoms with E-state index >= 15 is 0 Å². The monoisotopic (exact) mass is 382 g/mol. The van der Waals surface area contributed by atoms with E-state index in [0.29, 0.717) is 41.8 Å². The quantitative estimate of drug-likeness (QED) is 0.643. The maximum atomic E-state index is 11.9. The molecule has 0 saturated carbocycles. The van der Waals surface area contributed by atoms with Crippen LogP contribution in [0.4, 0.5) is 5.69 Å². The molecule has 0 atom stereocenters. The number of hydrogen-bond donors (Lipinski definition) is 2. The van der Waals surface area contributed by atoms with Gasteiger partial charge in [0.2, 0.25) is 5.91 Å². The van der Waals surface area contributed by atoms with Gasteiger partial charge < -0.3 is 20.1 Å². The highest BCUT2D eigenvalue weighted by molar-refractivity contribution is 6.39. The lowest BCUT2D eigenvalue weighted by molar-refractivity contribution is -0.116. The van der Waals surface area contributed by atoms with Crippen LogP contribution < -0.4 is 20.1 Å². The first kappa shape index (κ1) is 19.4. The average molecular weight is 383 g/mol. The first-order valence-electron chi connectivity index (χ1n) is 7.81. The Morgan fingerprint density at radius 3 is 2.28 bits per heavy atom. The largest absolute Gasteiger partial charge is 0.497 e. The van der Waals surface area contributed by atoms with E-state index in [9.17, 15) is 4.79 Å². The fraction of sp³-hybridized carbons (Fsp3) is 0.278. The van der Waals surface area contributed by atoms with E-state index in [1.807, 2.05) is 24.3 Å². The fourth-order valence-electron chi connectivity index (χ4n) is 2.06. The van der Waals surface area contributed by atoms with Crippen LogP contribution in [0.1, 0.15) is 6.42 Å². The van der Waals surface area contributed by atoms with Crippen LogP contribution in [0.15, 0.2) is 42.5 Å². The predicted octanol–water partition coefficient (Wildman–Crippen LogP) is 4.00. The standard InChI is InChI=1S/C18H20Cl2N2O3/c1-24-13-5-7-14(8-6-13)25-12-11-21-10-9-17(23)22-18-15(19)3-2-4-16(18)20/h2-8,21H,9-12H2,1H3,(H,22,23). The Kier molecular flexibility index (Phi) is 7.85. The number of anilines is 1. The molecule has 1 amide bonds. The lowest BCUT2D eigenvalue weighted by Gasteiger charge is -2.10. The highest BCUT2D eigenvalue weighted by atomic mass is 35.5. The summed E-state index contributed by atoms with van der Waals surface area (Å²) in [5, 5.41) is 6.70. The van der Waals surface area contributed by atoms with Crippen LogP contribution in [0.25, 0.3) is 0 Å². The summed E-state index contributed by atoms with van der Waals surface area (Å²) in [6.07, 6.45) is 0.310. The lowest BCUT2D eigenvalue weighted by Crippen LogP contribution is -2.25. The summed E-state index contributed by atoms with van der Waals surface area (Å²) in [4.78, 5) is 11.9. The predicted molar refractivity (Wildman–Crippen MR) is 101 cm³/mol. The fourth-order valence-corrected chi connectivity index (χ4v) is 2.55. The number of amides is 1. The second-order valence-electron chi connectivity index (χ2n) is 5.17. The Labute approximate surface area is 157 Å². The van der Waals surface area contributed by atoms with Crippen LogP contribution in [0, 0.1) is 0 Å². The number of hydrogen-bond acceptors (Lipinski definition) is 4. The third kappa shape index (κ3) is 6.46. The van der Waals surface area contributed by atoms with Crippen molar-refractivity contribution in [3.63, 3.8) is 0 Å². The van der Waals surface area contributed by atoms with Crippen LogP contribution in [0.5, 0.6) is 11.5 Å². The van der Waals surface area contributed by atoms with Gasteiger partial charge in [-0.2, -0.15) is 0 Å². The molecular weight excluding hydrogens is 363 g/mol. The summed E-state index contributed by atoms with van der Waals surface area (Å²) in [6, 6.07) is 12.5. The molecule has 0 aliphatic rings. The highest BCUT2D eigenvalue weighted by Crippen LogP contribution is 2.29. The number of rotatable bonds is 9. The van der Waals surface area contributed by atoms with Gasteiger partial charge in [-0.1, -0.05) is 29.3 Å². The molecule has 0 fully saturated rings. The van der Waals surface area contributed by atoms with Crippen LogP contribution in [-0.2, 0) is 4.79 Å². The first-order chi connectivity index (χ1) is 12.1. The van der Waals surface area contributed by atoms with Gasteiger partial charge in [0, 0.05) is 19.5 Å². The van der Waals surface area contributed by atoms with Crippen LogP contribution in [-0.4, -0.2) is 32.7 Å². The third-order valence-electron chi connectivity index (χ3n) is 3.36. The van der Waals surface area contributed by atoms with Gasteiger partial charge in [-0.25, -0.2) is 0 Å². The molecule has 5 nitrogen and oxygen atoms in total. The minimum atomic E-state index is -0.154. The minimum absolute atomic E-state index is 0.154. The van der Waals surface area contributed by atoms with Crippen molar-refractivity contribution < 1.29 is 14.3 Å². The number of para-hydroxylation sites is 1. The summed E-state index contributed by atoms with van der Waals surface area (Å²) >= 11 is 12.0. The van der Waals surface area contributed by atoms with Gasteiger partial charge in [0.15, 0.2) is 0 Å². The molecule has 134 valence electrons. The molecule has 25 heavy (non-hydrogen) atoms. The summed E-state index contributed by atoms with van der Waals surface area (Å²) in [7, 11) is 1.62. The second kappa shape index (κ2) is 10.1. The summed E-state index contributed by atoms with van der Waals surface area (Å²) in [5.74, 6) is 1.40. The number of methoxy groups -OCH3 is 1. The molecule has 0 aliphatic heterocycles. The van der Waals surface area contributed by atoms with E-state index in [4.69, 9.17) is 32.7 Å². The molecule has 0 bridgehead atoms. The number of benzene rings is 2. The molecule has 7 heteroatoms. The Balaban J connectivity index is 1.61. The number of halogens is 2. The van der Waals surface area contributed by atoms with Crippen LogP contribution in [0.2, 0.25) is 10.0 Å². The molecule has 0 saturated heterocycles. The van der Waals surface area contributed by atoms with E-state index in [0.717, 1.165) is 11.5 Å². The van der Waals surface area contributed by atoms with Gasteiger partial charge in [0.1, 0.15) is 18.1 Å². The zero-order valence-electron chi connectivity index (χ0n) is 13.9. The average Bonchev–Trinajstić information content (AvgIpc) is 2.62. The normalized spacial score (nSPS) is 10.4. The number of nitrogens with one attached hydrogen (secondary N) is 2. The first-order valence-corrected chi connectivity index (χ1v) is 8.57. The molecule has 2 N–H and O–H groups in total. The number of ether oxygens (including phenoxy) is 2. The Morgan fingerprint density at radius 2 is 1.64 bits per heavy atom. The molecule has 2 rings (SSSR count). The van der Waals surface area contributed by atoms with E-state index in [1.54, 1.807) is 25.3 Å². The Morgan fingerprint density at radius 1 is 1.00 bits per heavy atom. The number of carbonyl (C=O) groups is 1. The van der Waals surface area contributed by atoms with Crippen molar-refractivity contribution in [3.8, 4) is 11.5 Å². The van der Waals surface area contributed by atoms with Gasteiger partial charge >= 0.3 is 0 Å². The molecule has 2 aromatic rings. The maximum absolute atomic E-state index is 11.9. The summed E-state index contributed by atoms with van der Waals surface area (Å²) in [6.45, 7) is 1.66. The SMILES string of the molecule is COc1ccc(OCCNCCC(=O)Nc2c(Cl)cccc2Cl)cc1. The van der Waals surface area contributed by atoms with E-state index in [2.05, 4.69) is 10.6 Å². The smallest absolute Gasteiger partial charge is 0.225 e. The molecular formula is C18H20Cl2N2O3. The van der Waals surface area contributed by atoms with Gasteiger partial charge in [0.25, 0.3) is 0 Å². The van der Waals surface area contributed by atoms with Gasteiger partial charge in [-0.3, -0.25) is 4.79 Å². The van der Waals surface area contributed by atoms with Gasteiger partial charge in [-0.15, -0.1) is 0 Å². The zero-order chi connectivity index (χ0) is 18.1. The maximum Gasteiger partial charge on any atom is 0.225 e. The summed E-state index contributed by atoms with van der Waals surface area (Å²) < 4.78 is 10.7. The molecule has 2 aromatic carbocycles. The Bertz CT molecular complexity index is 673. The van der Waals surface area contributed by atoms with Crippen LogP contribution in [0.3, 0.4) is 0 Å². The second-order valence-corrected chi connectivity index (χ2v) is 5.98. The minimum Gasteiger partial charge on any atom is -0.497 e. The molecule has 0 aromatic heterocycles. The Hall–Kier alpha value is -1.95. The van der Waals surface area contributed by atoms with E-state index in [-0.39, 0.29) is 5.91 Å². The van der Waals surface area contributed by atoms with Crippen molar-refractivity contribution in [2.75, 3.05) is 32.1 Å². The third-order valence-corrected chi connectivity index (χ3v) is 3.99. The number of carbonyl (C=O) groups excluding carboxylic acids is 1. The highest BCUT2D eigenvalue weighted by Gasteiger charge is 2.09. The molecule has 0 radical (unpaired) electrons. The molecule has 0 aliphatic carbocycles. The summed E-state index contributed by atoms with van der Waals surface area (Å²) in [5.41, 5.74) is 0.443. The van der Waals surface area contributed by atoms with E-state index < -0.39 is 0 Å². The van der Waals surface area contributed by atoms with E-state index in [1.165, 1.54) is 0 Å². The van der Waals surface area contributed by atoms with Crippen molar-refractivity contribution >= 4 is 34.8 Å². The van der Waals surface area contributed by atoms with Gasteiger partial charge in [0.05, 0.1) is 22.8 Å².